The first kappa shape index (κ1) is 27.0. The molecule has 0 saturated carbocycles. The number of likely N-dealkylation sites (N-methyl/N-ethyl adjacent to an activating group) is 2. The predicted molar refractivity (Wildman–Crippen MR) is 157 cm³/mol. The van der Waals surface area contributed by atoms with Crippen molar-refractivity contribution in [2.45, 2.75) is 12.5 Å². The Morgan fingerprint density at radius 2 is 1.75 bits per heavy atom. The van der Waals surface area contributed by atoms with Crippen LogP contribution in [0.3, 0.4) is 0 Å². The lowest BCUT2D eigenvalue weighted by atomic mass is 10.0. The number of benzene rings is 2. The number of carbonyl (C=O) groups is 2. The van der Waals surface area contributed by atoms with Crippen LogP contribution < -0.4 is 16.0 Å². The first-order valence-electron chi connectivity index (χ1n) is 13.3. The number of hydrogen-bond donors (Lipinski definition) is 2. The number of rotatable bonds is 7. The van der Waals surface area contributed by atoms with E-state index in [1.807, 2.05) is 48.5 Å². The number of nitrogens with zero attached hydrogens (tertiary/aromatic N) is 6. The van der Waals surface area contributed by atoms with Gasteiger partial charge in [0.25, 0.3) is 5.91 Å². The lowest BCUT2D eigenvalue weighted by Crippen LogP contribution is -2.47. The van der Waals surface area contributed by atoms with Crippen LogP contribution in [0.25, 0.3) is 22.2 Å². The van der Waals surface area contributed by atoms with Crippen LogP contribution in [0.2, 0.25) is 0 Å². The van der Waals surface area contributed by atoms with E-state index < -0.39 is 6.04 Å². The summed E-state index contributed by atoms with van der Waals surface area (Å²) in [5.41, 5.74) is 9.84. The quantitative estimate of drug-likeness (QED) is 0.368. The minimum atomic E-state index is -0.740. The molecule has 2 amide bonds. The molecule has 2 aromatic heterocycles. The Balaban J connectivity index is 1.36. The van der Waals surface area contributed by atoms with Gasteiger partial charge in [-0.15, -0.1) is 0 Å². The second-order valence-corrected chi connectivity index (χ2v) is 10.3. The van der Waals surface area contributed by atoms with Crippen LogP contribution >= 0.6 is 0 Å². The molecule has 0 aliphatic carbocycles. The summed E-state index contributed by atoms with van der Waals surface area (Å²) in [6.07, 6.45) is 2.10. The topological polar surface area (TPSA) is 121 Å². The number of hydrogen-bond acceptors (Lipinski definition) is 8. The number of pyridine rings is 1. The molecule has 3 heterocycles. The van der Waals surface area contributed by atoms with Gasteiger partial charge in [0.2, 0.25) is 11.9 Å². The van der Waals surface area contributed by atoms with E-state index in [0.717, 1.165) is 54.2 Å². The Hall–Kier alpha value is -4.57. The van der Waals surface area contributed by atoms with Crippen LogP contribution in [-0.4, -0.2) is 89.9 Å². The molecular formula is C30H34N8O2. The van der Waals surface area contributed by atoms with Gasteiger partial charge >= 0.3 is 0 Å². The maximum atomic E-state index is 13.4. The highest BCUT2D eigenvalue weighted by Crippen LogP contribution is 2.27. The Bertz CT molecular complexity index is 1500. The maximum absolute atomic E-state index is 13.4. The van der Waals surface area contributed by atoms with Crippen LogP contribution in [0.5, 0.6) is 0 Å². The smallest absolute Gasteiger partial charge is 0.252 e. The number of piperazine rings is 1. The molecule has 40 heavy (non-hydrogen) atoms. The van der Waals surface area contributed by atoms with Gasteiger partial charge < -0.3 is 25.8 Å². The number of nitrogens with two attached hydrogens (primary N) is 1. The largest absolute Gasteiger partial charge is 0.368 e. The number of aromatic nitrogens is 3. The average Bonchev–Trinajstić information content (AvgIpc) is 2.96. The number of carbonyl (C=O) groups excluding carboxylic acids is 2. The third kappa shape index (κ3) is 6.02. The van der Waals surface area contributed by atoms with Crippen molar-refractivity contribution >= 4 is 34.5 Å². The van der Waals surface area contributed by atoms with Crippen molar-refractivity contribution in [2.75, 3.05) is 58.0 Å². The zero-order chi connectivity index (χ0) is 28.2. The second-order valence-electron chi connectivity index (χ2n) is 10.3. The van der Waals surface area contributed by atoms with E-state index in [1.54, 1.807) is 32.4 Å². The zero-order valence-electron chi connectivity index (χ0n) is 23.0. The lowest BCUT2D eigenvalue weighted by molar-refractivity contribution is -0.130. The fraction of sp³-hybridized carbons (Fsp3) is 0.300. The highest BCUT2D eigenvalue weighted by atomic mass is 16.2. The number of nitrogen functional groups attached to an aromatic ring is 1. The molecule has 2 aromatic carbocycles. The van der Waals surface area contributed by atoms with E-state index in [4.69, 9.17) is 5.73 Å². The molecule has 5 rings (SSSR count). The van der Waals surface area contributed by atoms with Gasteiger partial charge in [-0.05, 0) is 42.9 Å². The maximum Gasteiger partial charge on any atom is 0.252 e. The average molecular weight is 539 g/mol. The van der Waals surface area contributed by atoms with Crippen molar-refractivity contribution < 1.29 is 9.59 Å². The molecule has 1 atom stereocenters. The van der Waals surface area contributed by atoms with Gasteiger partial charge in [-0.25, -0.2) is 4.98 Å². The summed E-state index contributed by atoms with van der Waals surface area (Å²) in [4.78, 5) is 45.7. The summed E-state index contributed by atoms with van der Waals surface area (Å²) in [7, 11) is 5.46. The molecule has 1 aliphatic heterocycles. The molecule has 0 bridgehead atoms. The summed E-state index contributed by atoms with van der Waals surface area (Å²) in [6, 6.07) is 18.2. The molecule has 0 radical (unpaired) electrons. The van der Waals surface area contributed by atoms with Crippen molar-refractivity contribution in [3.8, 4) is 11.3 Å². The monoisotopic (exact) mass is 538 g/mol. The van der Waals surface area contributed by atoms with Crippen molar-refractivity contribution in [3.05, 3.63) is 78.0 Å². The third-order valence-electron chi connectivity index (χ3n) is 7.16. The minimum absolute atomic E-state index is 0.161. The molecular weight excluding hydrogens is 504 g/mol. The van der Waals surface area contributed by atoms with E-state index in [-0.39, 0.29) is 17.8 Å². The van der Waals surface area contributed by atoms with Gasteiger partial charge in [-0.2, -0.15) is 4.98 Å². The van der Waals surface area contributed by atoms with E-state index in [9.17, 15) is 9.59 Å². The van der Waals surface area contributed by atoms with Crippen LogP contribution in [0.1, 0.15) is 15.9 Å². The normalized spacial score (nSPS) is 14.6. The summed E-state index contributed by atoms with van der Waals surface area (Å²) in [5.74, 6) is 0.392. The van der Waals surface area contributed by atoms with E-state index >= 15 is 0 Å². The SMILES string of the molecule is CN1CCN(c2nc(N)nc3cc(C(=O)N[C@@H](Cc4ccc(-c5ccccn5)cc4)C(=O)N(C)C)ccc23)CC1. The Labute approximate surface area is 233 Å². The van der Waals surface area contributed by atoms with Gasteiger partial charge in [0.05, 0.1) is 11.2 Å². The first-order valence-corrected chi connectivity index (χ1v) is 13.3. The summed E-state index contributed by atoms with van der Waals surface area (Å²) in [5, 5.41) is 3.78. The molecule has 1 saturated heterocycles. The Morgan fingerprint density at radius 3 is 2.42 bits per heavy atom. The van der Waals surface area contributed by atoms with Crippen LogP contribution in [0.15, 0.2) is 66.9 Å². The number of nitrogens with one attached hydrogen (secondary N) is 1. The van der Waals surface area contributed by atoms with Crippen LogP contribution in [0.4, 0.5) is 11.8 Å². The zero-order valence-corrected chi connectivity index (χ0v) is 23.0. The van der Waals surface area contributed by atoms with E-state index in [1.165, 1.54) is 4.90 Å². The van der Waals surface area contributed by atoms with Crippen LogP contribution in [0, 0.1) is 0 Å². The number of anilines is 2. The standard InChI is InChI=1S/C30H34N8O2/c1-36(2)29(40)26(18-20-7-9-21(10-8-20)24-6-4-5-13-32-24)33-28(39)22-11-12-23-25(19-22)34-30(31)35-27(23)38-16-14-37(3)15-17-38/h4-13,19,26H,14-18H2,1-3H3,(H,33,39)(H2,31,34,35)/t26-/m0/s1. The van der Waals surface area contributed by atoms with Gasteiger partial charge in [-0.3, -0.25) is 14.6 Å². The number of amides is 2. The van der Waals surface area contributed by atoms with Crippen molar-refractivity contribution in [3.63, 3.8) is 0 Å². The molecule has 0 unspecified atom stereocenters. The molecule has 1 fully saturated rings. The summed E-state index contributed by atoms with van der Waals surface area (Å²) >= 11 is 0. The van der Waals surface area contributed by atoms with E-state index in [0.29, 0.717) is 17.5 Å². The van der Waals surface area contributed by atoms with Gasteiger partial charge in [0, 0.05) is 69.4 Å². The van der Waals surface area contributed by atoms with E-state index in [2.05, 4.69) is 37.1 Å². The highest BCUT2D eigenvalue weighted by molar-refractivity contribution is 6.02. The Kier molecular flexibility index (Phi) is 7.88. The molecule has 3 N–H and O–H groups in total. The Morgan fingerprint density at radius 1 is 1.00 bits per heavy atom. The fourth-order valence-electron chi connectivity index (χ4n) is 4.87. The fourth-order valence-corrected chi connectivity index (χ4v) is 4.87. The van der Waals surface area contributed by atoms with Gasteiger partial charge in [0.1, 0.15) is 11.9 Å². The van der Waals surface area contributed by atoms with Gasteiger partial charge in [0.15, 0.2) is 0 Å². The van der Waals surface area contributed by atoms with Crippen molar-refractivity contribution in [1.29, 1.82) is 0 Å². The summed E-state index contributed by atoms with van der Waals surface area (Å²) < 4.78 is 0. The third-order valence-corrected chi connectivity index (χ3v) is 7.16. The van der Waals surface area contributed by atoms with Crippen LogP contribution in [-0.2, 0) is 11.2 Å². The molecule has 0 spiro atoms. The molecule has 206 valence electrons. The molecule has 1 aliphatic rings. The molecule has 10 nitrogen and oxygen atoms in total. The second kappa shape index (κ2) is 11.7. The minimum Gasteiger partial charge on any atom is -0.368 e. The van der Waals surface area contributed by atoms with Crippen molar-refractivity contribution in [2.24, 2.45) is 0 Å². The molecule has 4 aromatic rings. The highest BCUT2D eigenvalue weighted by Gasteiger charge is 2.25. The number of fused-ring (bicyclic) bond motifs is 1. The predicted octanol–water partition coefficient (Wildman–Crippen LogP) is 2.46. The lowest BCUT2D eigenvalue weighted by Gasteiger charge is -2.33. The van der Waals surface area contributed by atoms with Crippen molar-refractivity contribution in [1.82, 2.24) is 30.1 Å². The first-order chi connectivity index (χ1) is 19.3. The van der Waals surface area contributed by atoms with Gasteiger partial charge in [-0.1, -0.05) is 30.3 Å². The summed E-state index contributed by atoms with van der Waals surface area (Å²) in [6.45, 7) is 3.53. The molecule has 10 heteroatoms.